The Labute approximate surface area is 142 Å². The molecule has 2 aromatic heterocycles. The molecule has 0 saturated carbocycles. The molecule has 3 rings (SSSR count). The van der Waals surface area contributed by atoms with E-state index in [2.05, 4.69) is 4.98 Å². The van der Waals surface area contributed by atoms with Gasteiger partial charge < -0.3 is 10.0 Å². The van der Waals surface area contributed by atoms with Crippen molar-refractivity contribution in [2.45, 2.75) is 44.7 Å². The van der Waals surface area contributed by atoms with Gasteiger partial charge in [-0.05, 0) is 37.1 Å². The van der Waals surface area contributed by atoms with Gasteiger partial charge in [0.25, 0.3) is 5.56 Å². The number of likely N-dealkylation sites (tertiary alicyclic amines) is 1. The number of hydrogen-bond acceptors (Lipinski definition) is 5. The lowest BCUT2D eigenvalue weighted by molar-refractivity contribution is -0.140. The number of carboxylic acid groups (broad SMARTS) is 1. The molecule has 1 atom stereocenters. The summed E-state index contributed by atoms with van der Waals surface area (Å²) in [4.78, 5) is 42.4. The molecule has 1 unspecified atom stereocenters. The van der Waals surface area contributed by atoms with Crippen LogP contribution in [0.25, 0.3) is 10.2 Å². The molecule has 1 aliphatic heterocycles. The lowest BCUT2D eigenvalue weighted by Crippen LogP contribution is -2.46. The van der Waals surface area contributed by atoms with Crippen LogP contribution < -0.4 is 5.56 Å². The van der Waals surface area contributed by atoms with Gasteiger partial charge in [0.1, 0.15) is 11.4 Å². The third-order valence-corrected chi connectivity index (χ3v) is 5.22. The van der Waals surface area contributed by atoms with Gasteiger partial charge in [-0.1, -0.05) is 0 Å². The van der Waals surface area contributed by atoms with Crippen LogP contribution in [0.3, 0.4) is 0 Å². The van der Waals surface area contributed by atoms with Crippen LogP contribution in [0.2, 0.25) is 0 Å². The molecule has 1 amide bonds. The number of hydrogen-bond donors (Lipinski definition) is 1. The second-order valence-electron chi connectivity index (χ2n) is 5.99. The van der Waals surface area contributed by atoms with Crippen LogP contribution in [0.15, 0.2) is 22.6 Å². The molecule has 1 saturated heterocycles. The summed E-state index contributed by atoms with van der Waals surface area (Å²) in [5, 5.41) is 11.2. The molecule has 8 heteroatoms. The quantitative estimate of drug-likeness (QED) is 0.887. The summed E-state index contributed by atoms with van der Waals surface area (Å²) in [6.07, 6.45) is 4.64. The molecule has 0 radical (unpaired) electrons. The Kier molecular flexibility index (Phi) is 4.94. The number of rotatable bonds is 5. The van der Waals surface area contributed by atoms with Gasteiger partial charge >= 0.3 is 5.97 Å². The van der Waals surface area contributed by atoms with Gasteiger partial charge in [0.05, 0.1) is 11.7 Å². The van der Waals surface area contributed by atoms with E-state index in [1.165, 1.54) is 22.2 Å². The van der Waals surface area contributed by atoms with E-state index >= 15 is 0 Å². The first-order chi connectivity index (χ1) is 11.6. The normalized spacial score (nSPS) is 18.0. The molecular formula is C16H19N3O4S. The summed E-state index contributed by atoms with van der Waals surface area (Å²) in [7, 11) is 0. The Morgan fingerprint density at radius 1 is 1.38 bits per heavy atom. The van der Waals surface area contributed by atoms with Crippen LogP contribution in [0.4, 0.5) is 0 Å². The van der Waals surface area contributed by atoms with Crippen molar-refractivity contribution in [2.75, 3.05) is 6.54 Å². The fraction of sp³-hybridized carbons (Fsp3) is 0.500. The molecule has 0 aromatic carbocycles. The van der Waals surface area contributed by atoms with Gasteiger partial charge in [-0.25, -0.2) is 4.98 Å². The average Bonchev–Trinajstić information content (AvgIpc) is 3.05. The van der Waals surface area contributed by atoms with Crippen LogP contribution in [0, 0.1) is 0 Å². The lowest BCUT2D eigenvalue weighted by atomic mass is 9.98. The van der Waals surface area contributed by atoms with Crippen molar-refractivity contribution in [3.63, 3.8) is 0 Å². The molecular weight excluding hydrogens is 330 g/mol. The van der Waals surface area contributed by atoms with E-state index in [-0.39, 0.29) is 30.5 Å². The van der Waals surface area contributed by atoms with E-state index < -0.39 is 5.97 Å². The largest absolute Gasteiger partial charge is 0.481 e. The first kappa shape index (κ1) is 16.6. The third kappa shape index (κ3) is 3.48. The van der Waals surface area contributed by atoms with E-state index in [0.29, 0.717) is 23.2 Å². The maximum absolute atomic E-state index is 12.6. The minimum absolute atomic E-state index is 0.0524. The van der Waals surface area contributed by atoms with Crippen LogP contribution in [0.1, 0.15) is 32.1 Å². The molecule has 7 nitrogen and oxygen atoms in total. The molecule has 0 spiro atoms. The highest BCUT2D eigenvalue weighted by Crippen LogP contribution is 2.21. The topological polar surface area (TPSA) is 92.5 Å². The Bertz CT molecular complexity index is 813. The fourth-order valence-electron chi connectivity index (χ4n) is 3.16. The summed E-state index contributed by atoms with van der Waals surface area (Å²) in [6, 6.07) is 1.66. The highest BCUT2D eigenvalue weighted by Gasteiger charge is 2.27. The molecule has 1 N–H and O–H groups in total. The van der Waals surface area contributed by atoms with Gasteiger partial charge in [-0.3, -0.25) is 19.0 Å². The van der Waals surface area contributed by atoms with E-state index in [9.17, 15) is 14.4 Å². The number of aromatic nitrogens is 2. The van der Waals surface area contributed by atoms with Crippen molar-refractivity contribution in [1.29, 1.82) is 0 Å². The highest BCUT2D eigenvalue weighted by molar-refractivity contribution is 7.16. The van der Waals surface area contributed by atoms with Gasteiger partial charge in [-0.2, -0.15) is 0 Å². The predicted octanol–water partition coefficient (Wildman–Crippen LogP) is 1.70. The van der Waals surface area contributed by atoms with Crippen molar-refractivity contribution in [1.82, 2.24) is 14.5 Å². The third-order valence-electron chi connectivity index (χ3n) is 4.39. The van der Waals surface area contributed by atoms with Gasteiger partial charge in [0.15, 0.2) is 0 Å². The van der Waals surface area contributed by atoms with Gasteiger partial charge in [0.2, 0.25) is 5.91 Å². The van der Waals surface area contributed by atoms with E-state index in [4.69, 9.17) is 5.11 Å². The summed E-state index contributed by atoms with van der Waals surface area (Å²) < 4.78 is 1.33. The van der Waals surface area contributed by atoms with Crippen molar-refractivity contribution < 1.29 is 14.7 Å². The summed E-state index contributed by atoms with van der Waals surface area (Å²) in [6.45, 7) is 0.563. The first-order valence-corrected chi connectivity index (χ1v) is 8.88. The second-order valence-corrected chi connectivity index (χ2v) is 6.88. The molecule has 1 aliphatic rings. The average molecular weight is 349 g/mol. The van der Waals surface area contributed by atoms with Crippen LogP contribution in [0.5, 0.6) is 0 Å². The highest BCUT2D eigenvalue weighted by atomic mass is 32.1. The minimum Gasteiger partial charge on any atom is -0.481 e. The number of carbonyl (C=O) groups excluding carboxylic acids is 1. The standard InChI is InChI=1S/C16H19N3O4S/c20-13(19-7-2-1-3-11(19)4-5-14(21)22)9-18-10-17-15-12(16(18)23)6-8-24-15/h6,8,10-11H,1-5,7,9H2,(H,21,22). The number of carboxylic acids is 1. The zero-order valence-electron chi connectivity index (χ0n) is 13.2. The molecule has 0 bridgehead atoms. The predicted molar refractivity (Wildman–Crippen MR) is 90.1 cm³/mol. The Morgan fingerprint density at radius 2 is 2.21 bits per heavy atom. The molecule has 3 heterocycles. The SMILES string of the molecule is O=C(O)CCC1CCCCN1C(=O)Cn1cnc2sccc2c1=O. The molecule has 0 aliphatic carbocycles. The minimum atomic E-state index is -0.851. The number of piperidine rings is 1. The Morgan fingerprint density at radius 3 is 3.00 bits per heavy atom. The number of nitrogens with zero attached hydrogens (tertiary/aromatic N) is 3. The molecule has 2 aromatic rings. The summed E-state index contributed by atoms with van der Waals surface area (Å²) in [5.74, 6) is -1.00. The summed E-state index contributed by atoms with van der Waals surface area (Å²) >= 11 is 1.39. The Balaban J connectivity index is 1.75. The maximum Gasteiger partial charge on any atom is 0.303 e. The van der Waals surface area contributed by atoms with Crippen LogP contribution >= 0.6 is 11.3 Å². The molecule has 24 heavy (non-hydrogen) atoms. The molecule has 128 valence electrons. The van der Waals surface area contributed by atoms with Crippen molar-refractivity contribution in [3.05, 3.63) is 28.1 Å². The monoisotopic (exact) mass is 349 g/mol. The number of thiophene rings is 1. The van der Waals surface area contributed by atoms with Crippen molar-refractivity contribution in [2.24, 2.45) is 0 Å². The number of amides is 1. The second kappa shape index (κ2) is 7.12. The van der Waals surface area contributed by atoms with E-state index in [0.717, 1.165) is 19.3 Å². The zero-order valence-corrected chi connectivity index (χ0v) is 14.0. The van der Waals surface area contributed by atoms with Crippen LogP contribution in [-0.4, -0.2) is 44.0 Å². The van der Waals surface area contributed by atoms with E-state index in [1.807, 2.05) is 0 Å². The lowest BCUT2D eigenvalue weighted by Gasteiger charge is -2.35. The van der Waals surface area contributed by atoms with Gasteiger partial charge in [-0.15, -0.1) is 11.3 Å². The van der Waals surface area contributed by atoms with Crippen molar-refractivity contribution in [3.8, 4) is 0 Å². The van der Waals surface area contributed by atoms with E-state index in [1.54, 1.807) is 16.3 Å². The van der Waals surface area contributed by atoms with Crippen LogP contribution in [-0.2, 0) is 16.1 Å². The smallest absolute Gasteiger partial charge is 0.303 e. The summed E-state index contributed by atoms with van der Waals surface area (Å²) in [5.41, 5.74) is -0.214. The molecule has 1 fully saturated rings. The maximum atomic E-state index is 12.6. The zero-order chi connectivity index (χ0) is 17.1. The fourth-order valence-corrected chi connectivity index (χ4v) is 3.88. The van der Waals surface area contributed by atoms with Crippen molar-refractivity contribution >= 4 is 33.4 Å². The number of fused-ring (bicyclic) bond motifs is 1. The number of aliphatic carboxylic acids is 1. The number of carbonyl (C=O) groups is 2. The first-order valence-electron chi connectivity index (χ1n) is 8.00. The Hall–Kier alpha value is -2.22. The van der Waals surface area contributed by atoms with Gasteiger partial charge in [0, 0.05) is 19.0 Å².